The van der Waals surface area contributed by atoms with Gasteiger partial charge in [0.05, 0.1) is 19.9 Å². The van der Waals surface area contributed by atoms with Crippen LogP contribution in [0.4, 0.5) is 5.69 Å². The number of aromatic nitrogens is 2. The Morgan fingerprint density at radius 1 is 1.08 bits per heavy atom. The molecule has 0 atom stereocenters. The number of methoxy groups -OCH3 is 2. The lowest BCUT2D eigenvalue weighted by molar-refractivity contribution is 0.102. The average Bonchev–Trinajstić information content (AvgIpc) is 2.64. The van der Waals surface area contributed by atoms with Gasteiger partial charge in [0, 0.05) is 6.20 Å². The van der Waals surface area contributed by atoms with Crippen LogP contribution in [-0.2, 0) is 0 Å². The van der Waals surface area contributed by atoms with Crippen LogP contribution in [0.5, 0.6) is 11.5 Å². The van der Waals surface area contributed by atoms with Gasteiger partial charge >= 0.3 is 0 Å². The Balaban J connectivity index is 2.08. The van der Waals surface area contributed by atoms with Gasteiger partial charge in [-0.3, -0.25) is 14.0 Å². The fourth-order valence-corrected chi connectivity index (χ4v) is 2.59. The number of aryl methyl sites for hydroxylation is 1. The highest BCUT2D eigenvalue weighted by molar-refractivity contribution is 6.08. The number of pyridine rings is 1. The van der Waals surface area contributed by atoms with Crippen LogP contribution >= 0.6 is 0 Å². The van der Waals surface area contributed by atoms with Crippen molar-refractivity contribution in [3.8, 4) is 11.5 Å². The van der Waals surface area contributed by atoms with E-state index in [1.54, 1.807) is 49.5 Å². The lowest BCUT2D eigenvalue weighted by Gasteiger charge is -2.14. The Bertz CT molecular complexity index is 989. The number of anilines is 1. The molecule has 2 heterocycles. The Hall–Kier alpha value is -3.35. The predicted molar refractivity (Wildman–Crippen MR) is 93.7 cm³/mol. The van der Waals surface area contributed by atoms with Gasteiger partial charge in [-0.2, -0.15) is 0 Å². The molecule has 3 rings (SSSR count). The maximum Gasteiger partial charge on any atom is 0.281 e. The van der Waals surface area contributed by atoms with E-state index in [4.69, 9.17) is 9.47 Å². The van der Waals surface area contributed by atoms with Crippen LogP contribution in [0.3, 0.4) is 0 Å². The zero-order valence-corrected chi connectivity index (χ0v) is 14.1. The SMILES string of the molecule is COc1cccc(OC)c1C(=O)Nc1c(C)nc2ccccn2c1=O. The molecule has 7 heteroatoms. The smallest absolute Gasteiger partial charge is 0.281 e. The number of hydrogen-bond acceptors (Lipinski definition) is 5. The van der Waals surface area contributed by atoms with Gasteiger partial charge in [-0.05, 0) is 31.2 Å². The minimum Gasteiger partial charge on any atom is -0.496 e. The molecule has 7 nitrogen and oxygen atoms in total. The van der Waals surface area contributed by atoms with E-state index in [9.17, 15) is 9.59 Å². The molecule has 2 aromatic heterocycles. The highest BCUT2D eigenvalue weighted by Gasteiger charge is 2.21. The molecule has 0 aliphatic heterocycles. The maximum absolute atomic E-state index is 12.8. The van der Waals surface area contributed by atoms with Crippen LogP contribution in [-0.4, -0.2) is 29.5 Å². The van der Waals surface area contributed by atoms with Crippen LogP contribution < -0.4 is 20.3 Å². The molecule has 1 amide bonds. The van der Waals surface area contributed by atoms with Gasteiger partial charge in [0.25, 0.3) is 11.5 Å². The van der Waals surface area contributed by atoms with Crippen molar-refractivity contribution in [2.75, 3.05) is 19.5 Å². The zero-order valence-electron chi connectivity index (χ0n) is 14.1. The Kier molecular flexibility index (Phi) is 4.38. The van der Waals surface area contributed by atoms with E-state index in [0.717, 1.165) is 0 Å². The normalized spacial score (nSPS) is 10.5. The van der Waals surface area contributed by atoms with Gasteiger partial charge in [0.2, 0.25) is 0 Å². The third-order valence-corrected chi connectivity index (χ3v) is 3.81. The van der Waals surface area contributed by atoms with Gasteiger partial charge in [-0.25, -0.2) is 4.98 Å². The zero-order chi connectivity index (χ0) is 18.0. The summed E-state index contributed by atoms with van der Waals surface area (Å²) in [4.78, 5) is 29.8. The summed E-state index contributed by atoms with van der Waals surface area (Å²) in [6.07, 6.45) is 1.60. The van der Waals surface area contributed by atoms with E-state index in [1.165, 1.54) is 18.6 Å². The first-order valence-electron chi connectivity index (χ1n) is 7.57. The summed E-state index contributed by atoms with van der Waals surface area (Å²) in [6, 6.07) is 10.3. The molecular formula is C18H17N3O4. The number of carbonyl (C=O) groups is 1. The number of rotatable bonds is 4. The van der Waals surface area contributed by atoms with Gasteiger partial charge < -0.3 is 14.8 Å². The first-order chi connectivity index (χ1) is 12.1. The number of ether oxygens (including phenoxy) is 2. The first-order valence-corrected chi connectivity index (χ1v) is 7.57. The fraction of sp³-hybridized carbons (Fsp3) is 0.167. The number of fused-ring (bicyclic) bond motifs is 1. The predicted octanol–water partition coefficient (Wildman–Crippen LogP) is 2.27. The Morgan fingerprint density at radius 3 is 2.40 bits per heavy atom. The molecule has 0 saturated heterocycles. The van der Waals surface area contributed by atoms with E-state index in [2.05, 4.69) is 10.3 Å². The Labute approximate surface area is 143 Å². The molecule has 0 spiro atoms. The molecule has 0 unspecified atom stereocenters. The number of benzene rings is 1. The van der Waals surface area contributed by atoms with Gasteiger partial charge in [-0.15, -0.1) is 0 Å². The number of nitrogens with zero attached hydrogens (tertiary/aromatic N) is 2. The van der Waals surface area contributed by atoms with Crippen LogP contribution in [0.1, 0.15) is 16.1 Å². The molecule has 0 aliphatic carbocycles. The third-order valence-electron chi connectivity index (χ3n) is 3.81. The molecule has 1 aromatic carbocycles. The molecular weight excluding hydrogens is 322 g/mol. The minimum absolute atomic E-state index is 0.113. The van der Waals surface area contributed by atoms with Crippen LogP contribution in [0.25, 0.3) is 5.65 Å². The number of hydrogen-bond donors (Lipinski definition) is 1. The summed E-state index contributed by atoms with van der Waals surface area (Å²) in [5, 5.41) is 2.64. The van der Waals surface area contributed by atoms with Crippen molar-refractivity contribution in [3.63, 3.8) is 0 Å². The lowest BCUT2D eigenvalue weighted by Crippen LogP contribution is -2.25. The largest absolute Gasteiger partial charge is 0.496 e. The van der Waals surface area contributed by atoms with E-state index < -0.39 is 5.91 Å². The van der Waals surface area contributed by atoms with Crippen molar-refractivity contribution in [2.24, 2.45) is 0 Å². The van der Waals surface area contributed by atoms with Crippen molar-refractivity contribution in [1.29, 1.82) is 0 Å². The summed E-state index contributed by atoms with van der Waals surface area (Å²) in [5.74, 6) is 0.193. The highest BCUT2D eigenvalue weighted by Crippen LogP contribution is 2.29. The molecule has 25 heavy (non-hydrogen) atoms. The Morgan fingerprint density at radius 2 is 1.76 bits per heavy atom. The quantitative estimate of drug-likeness (QED) is 0.788. The summed E-state index contributed by atoms with van der Waals surface area (Å²) in [7, 11) is 2.92. The van der Waals surface area contributed by atoms with E-state index in [-0.39, 0.29) is 16.8 Å². The summed E-state index contributed by atoms with van der Waals surface area (Å²) >= 11 is 0. The van der Waals surface area contributed by atoms with Crippen molar-refractivity contribution >= 4 is 17.2 Å². The summed E-state index contributed by atoms with van der Waals surface area (Å²) in [5.41, 5.74) is 0.910. The van der Waals surface area contributed by atoms with E-state index in [0.29, 0.717) is 22.8 Å². The van der Waals surface area contributed by atoms with E-state index >= 15 is 0 Å². The molecule has 0 saturated carbocycles. The van der Waals surface area contributed by atoms with Gasteiger partial charge in [0.1, 0.15) is 28.4 Å². The van der Waals surface area contributed by atoms with Crippen LogP contribution in [0.15, 0.2) is 47.4 Å². The number of amides is 1. The monoisotopic (exact) mass is 339 g/mol. The molecule has 0 aliphatic rings. The summed E-state index contributed by atoms with van der Waals surface area (Å²) < 4.78 is 11.9. The van der Waals surface area contributed by atoms with Gasteiger partial charge in [-0.1, -0.05) is 12.1 Å². The molecule has 1 N–H and O–H groups in total. The second-order valence-corrected chi connectivity index (χ2v) is 5.30. The van der Waals surface area contributed by atoms with Crippen LogP contribution in [0.2, 0.25) is 0 Å². The maximum atomic E-state index is 12.8. The minimum atomic E-state index is -0.507. The van der Waals surface area contributed by atoms with Crippen molar-refractivity contribution in [2.45, 2.75) is 6.92 Å². The molecule has 128 valence electrons. The fourth-order valence-electron chi connectivity index (χ4n) is 2.59. The number of nitrogens with one attached hydrogen (secondary N) is 1. The lowest BCUT2D eigenvalue weighted by atomic mass is 10.1. The average molecular weight is 339 g/mol. The topological polar surface area (TPSA) is 81.9 Å². The van der Waals surface area contributed by atoms with Crippen molar-refractivity contribution in [3.05, 3.63) is 64.2 Å². The third kappa shape index (κ3) is 2.91. The molecule has 3 aromatic rings. The second-order valence-electron chi connectivity index (χ2n) is 5.30. The second kappa shape index (κ2) is 6.64. The number of carbonyl (C=O) groups excluding carboxylic acids is 1. The van der Waals surface area contributed by atoms with Crippen molar-refractivity contribution in [1.82, 2.24) is 9.38 Å². The standard InChI is InChI=1S/C18H17N3O4/c1-11-16(18(23)21-10-5-4-9-14(21)19-11)20-17(22)15-12(24-2)7-6-8-13(15)25-3/h4-10H,1-3H3,(H,20,22). The van der Waals surface area contributed by atoms with Crippen molar-refractivity contribution < 1.29 is 14.3 Å². The first kappa shape index (κ1) is 16.5. The molecule has 0 fully saturated rings. The summed E-state index contributed by atoms with van der Waals surface area (Å²) in [6.45, 7) is 1.67. The molecule has 0 bridgehead atoms. The van der Waals surface area contributed by atoms with Crippen LogP contribution in [0, 0.1) is 6.92 Å². The van der Waals surface area contributed by atoms with E-state index in [1.807, 2.05) is 0 Å². The van der Waals surface area contributed by atoms with Gasteiger partial charge in [0.15, 0.2) is 0 Å². The highest BCUT2D eigenvalue weighted by atomic mass is 16.5. The molecule has 0 radical (unpaired) electrons.